The summed E-state index contributed by atoms with van der Waals surface area (Å²) in [5.74, 6) is 0. The molecule has 0 spiro atoms. The first kappa shape index (κ1) is 38.3. The van der Waals surface area contributed by atoms with Crippen LogP contribution in [-0.2, 0) is 21.8 Å². The molecule has 0 N–H and O–H groups in total. The molecule has 2 aliphatic heterocycles. The van der Waals surface area contributed by atoms with E-state index < -0.39 is 39.0 Å². The van der Waals surface area contributed by atoms with Crippen molar-refractivity contribution in [1.82, 2.24) is 0 Å². The van der Waals surface area contributed by atoms with E-state index in [1.165, 1.54) is 45.3 Å². The molecule has 0 radical (unpaired) electrons. The molecule has 0 saturated heterocycles. The Morgan fingerprint density at radius 3 is 0.833 bits per heavy atom. The molecular weight excluding hydrogens is 960 g/mol. The van der Waals surface area contributed by atoms with Crippen LogP contribution < -0.4 is 0 Å². The zero-order valence-corrected chi connectivity index (χ0v) is 32.7. The number of fused-ring (bicyclic) bond motifs is 4. The van der Waals surface area contributed by atoms with Gasteiger partial charge < -0.3 is 0 Å². The molecule has 2 heterocycles. The third kappa shape index (κ3) is 11.8. The molecule has 7 rings (SSSR count). The number of benzene rings is 4. The van der Waals surface area contributed by atoms with Gasteiger partial charge in [0.05, 0.1) is 41.4 Å². The van der Waals surface area contributed by atoms with E-state index in [0.29, 0.717) is 10.5 Å². The molecule has 4 aromatic rings. The first-order valence-corrected chi connectivity index (χ1v) is 29.9. The van der Waals surface area contributed by atoms with Crippen LogP contribution in [0.25, 0.3) is 0 Å². The van der Waals surface area contributed by atoms with E-state index in [0.717, 1.165) is 0 Å². The first-order valence-electron chi connectivity index (χ1n) is 14.1. The summed E-state index contributed by atoms with van der Waals surface area (Å²) in [5, 5.41) is 1.37. The summed E-state index contributed by atoms with van der Waals surface area (Å²) < 4.78 is 119. The van der Waals surface area contributed by atoms with E-state index in [1.807, 2.05) is 23.5 Å². The average Bonchev–Trinajstić information content (AvgIpc) is 2.95. The molecule has 2 atom stereocenters. The van der Waals surface area contributed by atoms with Crippen LogP contribution in [0.1, 0.15) is 25.7 Å². The van der Waals surface area contributed by atoms with Crippen molar-refractivity contribution in [2.45, 2.75) is 75.3 Å². The van der Waals surface area contributed by atoms with Crippen LogP contribution in [-0.4, -0.2) is 49.5 Å². The van der Waals surface area contributed by atoms with Crippen LogP contribution in [0.3, 0.4) is 0 Å². The van der Waals surface area contributed by atoms with E-state index >= 15 is 0 Å². The first-order chi connectivity index (χ1) is 21.8. The molecule has 0 bridgehead atoms. The number of hydrogen-bond acceptors (Lipinski definition) is 2. The van der Waals surface area contributed by atoms with Crippen molar-refractivity contribution in [2.24, 2.45) is 0 Å². The monoisotopic (exact) mass is 984 g/mol. The van der Waals surface area contributed by atoms with Gasteiger partial charge in [-0.05, 0) is 61.4 Å². The molecule has 0 unspecified atom stereocenters. The van der Waals surface area contributed by atoms with Gasteiger partial charge in [0.2, 0.25) is 0 Å². The second-order valence-corrected chi connectivity index (χ2v) is 28.4. The molecule has 0 nitrogen and oxygen atoms in total. The zero-order chi connectivity index (χ0) is 35.3. The second-order valence-electron chi connectivity index (χ2n) is 10.9. The van der Waals surface area contributed by atoms with Gasteiger partial charge in [-0.1, -0.05) is 72.1 Å². The summed E-state index contributed by atoms with van der Waals surface area (Å²) in [7, 11) is 0.226. The second kappa shape index (κ2) is 12.3. The van der Waals surface area contributed by atoms with Crippen molar-refractivity contribution in [1.29, 1.82) is 0 Å². The Labute approximate surface area is 287 Å². The molecule has 0 aromatic heterocycles. The minimum absolute atomic E-state index is 0.113. The van der Waals surface area contributed by atoms with Crippen molar-refractivity contribution in [3.8, 4) is 0 Å². The van der Waals surface area contributed by atoms with E-state index in [4.69, 9.17) is 0 Å². The predicted molar refractivity (Wildman–Crippen MR) is 173 cm³/mol. The normalized spacial score (nSPS) is 22.2. The van der Waals surface area contributed by atoms with Crippen molar-refractivity contribution >= 4 is 84.3 Å². The summed E-state index contributed by atoms with van der Waals surface area (Å²) in [6.07, 6.45) is 5.39. The van der Waals surface area contributed by atoms with Gasteiger partial charge in [-0.3, -0.25) is 0 Å². The number of rotatable bonds is 2. The Hall–Kier alpha value is -0.924. The van der Waals surface area contributed by atoms with E-state index in [2.05, 4.69) is 97.1 Å². The largest absolute Gasteiger partial charge is 0.177 e. The van der Waals surface area contributed by atoms with Crippen molar-refractivity contribution in [3.63, 3.8) is 0 Å². The van der Waals surface area contributed by atoms with Crippen molar-refractivity contribution in [2.75, 3.05) is 0 Å². The molecule has 18 heteroatoms. The molecule has 48 heavy (non-hydrogen) atoms. The third-order valence-corrected chi connectivity index (χ3v) is 15.7. The van der Waals surface area contributed by atoms with Crippen molar-refractivity contribution < 1.29 is 33.8 Å². The molecular formula is C30H26F12S4Sb2. The van der Waals surface area contributed by atoms with Gasteiger partial charge in [-0.15, -0.1) is 0 Å². The minimum atomic E-state index is -11.2. The van der Waals surface area contributed by atoms with Crippen LogP contribution in [0.15, 0.2) is 136 Å². The zero-order valence-electron chi connectivity index (χ0n) is 24.3. The van der Waals surface area contributed by atoms with Crippen LogP contribution in [0.5, 0.6) is 0 Å². The Kier molecular flexibility index (Phi) is 9.85. The summed E-state index contributed by atoms with van der Waals surface area (Å²) in [6.45, 7) is 0. The molecule has 4 aromatic carbocycles. The van der Waals surface area contributed by atoms with Crippen LogP contribution in [0.2, 0.25) is 0 Å². The smallest absolute Gasteiger partial charge is 0.0795 e. The quantitative estimate of drug-likeness (QED) is 0.112. The van der Waals surface area contributed by atoms with E-state index in [9.17, 15) is 33.8 Å². The fraction of sp³-hybridized carbons (Fsp3) is 0.200. The topological polar surface area (TPSA) is 0 Å². The summed E-state index contributed by atoms with van der Waals surface area (Å²) in [6, 6.07) is 37.0. The molecule has 1 saturated carbocycles. The van der Waals surface area contributed by atoms with E-state index in [-0.39, 0.29) is 21.8 Å². The fourth-order valence-electron chi connectivity index (χ4n) is 5.59. The van der Waals surface area contributed by atoms with Crippen LogP contribution in [0.4, 0.5) is 33.8 Å². The Balaban J connectivity index is 0.000000273. The maximum absolute atomic E-state index is 11.2. The van der Waals surface area contributed by atoms with Gasteiger partial charge in [0.25, 0.3) is 0 Å². The number of hydrogen-bond donors (Lipinski definition) is 0. The summed E-state index contributed by atoms with van der Waals surface area (Å²) in [4.78, 5) is 12.2. The molecule has 1 aliphatic carbocycles. The molecule has 264 valence electrons. The predicted octanol–water partition coefficient (Wildman–Crippen LogP) is 13.0. The van der Waals surface area contributed by atoms with Crippen LogP contribution >= 0.6 is 23.5 Å². The Bertz CT molecular complexity index is 1570. The maximum atomic E-state index is 9.93. The van der Waals surface area contributed by atoms with Crippen molar-refractivity contribution in [3.05, 3.63) is 97.1 Å². The molecule has 3 aliphatic rings. The Morgan fingerprint density at radius 2 is 0.604 bits per heavy atom. The van der Waals surface area contributed by atoms with Gasteiger partial charge in [0, 0.05) is 12.8 Å². The van der Waals surface area contributed by atoms with Gasteiger partial charge in [-0.25, -0.2) is 0 Å². The third-order valence-electron chi connectivity index (χ3n) is 7.03. The summed E-state index contributed by atoms with van der Waals surface area (Å²) in [5.41, 5.74) is 0. The number of halogens is 12. The van der Waals surface area contributed by atoms with Gasteiger partial charge >= 0.3 is 72.7 Å². The minimum Gasteiger partial charge on any atom is -0.0795 e. The van der Waals surface area contributed by atoms with Crippen LogP contribution in [0, 0.1) is 0 Å². The molecule has 0 amide bonds. The fourth-order valence-corrected chi connectivity index (χ4v) is 15.1. The SMILES string of the molecule is [F][Sb-]([F])([F])([F])([F])[F].[F][Sb-]([F])([F])([F])([F])[F].c1ccc2c(c1)Sc1ccccc1[S+]2[C@@H]1CCCC[C@H]1[S+]1c2ccccc2Sc2ccccc21. The van der Waals surface area contributed by atoms with Gasteiger partial charge in [0.15, 0.2) is 30.1 Å². The summed E-state index contributed by atoms with van der Waals surface area (Å²) >= 11 is -18.6. The van der Waals surface area contributed by atoms with Gasteiger partial charge in [-0.2, -0.15) is 0 Å². The standard InChI is InChI=1S/C30H26S4.12FH.2Sb/c1-5-15-25-21(11-1)31-22-12-2-6-16-26(22)33(25)29-19-9-10-20-30(29)34-27-17-7-3-13-23(27)32-24-14-4-8-18-28(24)34;;;;;;;;;;;;;;/h1-8,11-18,29-30H,9-10,19-20H2;12*1H;;/q+2;;;;;;;;;;;;;2*+5/p-12/t29-,30-;;;;;;;;;;;;;;/m1............../s1. The Morgan fingerprint density at radius 1 is 0.396 bits per heavy atom. The van der Waals surface area contributed by atoms with Gasteiger partial charge in [0.1, 0.15) is 0 Å². The average molecular weight is 986 g/mol. The maximum Gasteiger partial charge on any atom is 0.177 e. The molecule has 1 fully saturated rings. The van der Waals surface area contributed by atoms with E-state index in [1.54, 1.807) is 19.6 Å².